The Bertz CT molecular complexity index is 312. The van der Waals surface area contributed by atoms with Gasteiger partial charge in [-0.2, -0.15) is 0 Å². The first-order valence-electron chi connectivity index (χ1n) is 6.64. The highest BCUT2D eigenvalue weighted by atomic mass is 32.1. The molecule has 0 spiro atoms. The van der Waals surface area contributed by atoms with E-state index < -0.39 is 0 Å². The molecule has 0 amide bonds. The summed E-state index contributed by atoms with van der Waals surface area (Å²) >= 11 is 1.77. The Kier molecular flexibility index (Phi) is 4.95. The van der Waals surface area contributed by atoms with Crippen LogP contribution in [0.1, 0.15) is 38.0 Å². The standard InChI is InChI=1S/C13H23N3S/c1-3-4-12-8-16(11(2)5-6-15-12)9-13-7-14-10-17-13/h7,10-12,15H,3-6,8-9H2,1-2H3. The molecule has 2 atom stereocenters. The van der Waals surface area contributed by atoms with E-state index in [1.807, 2.05) is 11.7 Å². The number of thiazole rings is 1. The number of hydrogen-bond acceptors (Lipinski definition) is 4. The van der Waals surface area contributed by atoms with Gasteiger partial charge in [-0.25, -0.2) is 0 Å². The van der Waals surface area contributed by atoms with E-state index in [9.17, 15) is 0 Å². The van der Waals surface area contributed by atoms with Gasteiger partial charge in [-0.15, -0.1) is 11.3 Å². The normalized spacial score (nSPS) is 26.9. The topological polar surface area (TPSA) is 28.2 Å². The molecule has 0 aliphatic carbocycles. The van der Waals surface area contributed by atoms with E-state index in [-0.39, 0.29) is 0 Å². The Balaban J connectivity index is 1.96. The predicted molar refractivity (Wildman–Crippen MR) is 73.3 cm³/mol. The van der Waals surface area contributed by atoms with Crippen molar-refractivity contribution in [3.8, 4) is 0 Å². The third-order valence-electron chi connectivity index (χ3n) is 3.55. The minimum atomic E-state index is 0.665. The molecular weight excluding hydrogens is 230 g/mol. The predicted octanol–water partition coefficient (Wildman–Crippen LogP) is 2.50. The van der Waals surface area contributed by atoms with Gasteiger partial charge in [0.2, 0.25) is 0 Å². The SMILES string of the molecule is CCCC1CN(Cc2cncs2)C(C)CCN1. The van der Waals surface area contributed by atoms with Gasteiger partial charge < -0.3 is 5.32 Å². The molecular formula is C13H23N3S. The van der Waals surface area contributed by atoms with E-state index >= 15 is 0 Å². The molecule has 1 N–H and O–H groups in total. The van der Waals surface area contributed by atoms with E-state index in [4.69, 9.17) is 0 Å². The van der Waals surface area contributed by atoms with Crippen LogP contribution in [-0.2, 0) is 6.54 Å². The lowest BCUT2D eigenvalue weighted by Gasteiger charge is -2.28. The van der Waals surface area contributed by atoms with Gasteiger partial charge in [-0.05, 0) is 26.3 Å². The number of nitrogens with one attached hydrogen (secondary N) is 1. The molecule has 1 aliphatic heterocycles. The van der Waals surface area contributed by atoms with E-state index in [1.165, 1.54) is 30.7 Å². The Morgan fingerprint density at radius 1 is 1.59 bits per heavy atom. The molecule has 17 heavy (non-hydrogen) atoms. The van der Waals surface area contributed by atoms with Crippen molar-refractivity contribution in [1.82, 2.24) is 15.2 Å². The molecule has 4 heteroatoms. The van der Waals surface area contributed by atoms with Crippen LogP contribution in [0.3, 0.4) is 0 Å². The van der Waals surface area contributed by atoms with Crippen LogP contribution in [0.2, 0.25) is 0 Å². The van der Waals surface area contributed by atoms with Crippen LogP contribution in [0.5, 0.6) is 0 Å². The van der Waals surface area contributed by atoms with Crippen molar-refractivity contribution < 1.29 is 0 Å². The lowest BCUT2D eigenvalue weighted by Crippen LogP contribution is -2.39. The van der Waals surface area contributed by atoms with Gasteiger partial charge in [0.25, 0.3) is 0 Å². The summed E-state index contributed by atoms with van der Waals surface area (Å²) in [4.78, 5) is 8.16. The maximum atomic E-state index is 4.17. The summed E-state index contributed by atoms with van der Waals surface area (Å²) in [6, 6.07) is 1.34. The Morgan fingerprint density at radius 2 is 2.47 bits per heavy atom. The van der Waals surface area contributed by atoms with Gasteiger partial charge in [0.05, 0.1) is 5.51 Å². The zero-order chi connectivity index (χ0) is 12.1. The quantitative estimate of drug-likeness (QED) is 0.893. The fraction of sp³-hybridized carbons (Fsp3) is 0.769. The summed E-state index contributed by atoms with van der Waals surface area (Å²) < 4.78 is 0. The molecule has 1 fully saturated rings. The molecule has 1 saturated heterocycles. The van der Waals surface area contributed by atoms with Crippen molar-refractivity contribution in [2.45, 2.75) is 51.7 Å². The van der Waals surface area contributed by atoms with Crippen LogP contribution in [0.4, 0.5) is 0 Å². The van der Waals surface area contributed by atoms with Crippen molar-refractivity contribution in [3.63, 3.8) is 0 Å². The molecule has 0 radical (unpaired) electrons. The van der Waals surface area contributed by atoms with Gasteiger partial charge in [0, 0.05) is 36.2 Å². The lowest BCUT2D eigenvalue weighted by molar-refractivity contribution is 0.195. The summed E-state index contributed by atoms with van der Waals surface area (Å²) in [5.74, 6) is 0. The first-order valence-corrected chi connectivity index (χ1v) is 7.52. The Hall–Kier alpha value is -0.450. The first-order chi connectivity index (χ1) is 8.29. The second kappa shape index (κ2) is 6.47. The monoisotopic (exact) mass is 253 g/mol. The minimum absolute atomic E-state index is 0.665. The molecule has 0 bridgehead atoms. The van der Waals surface area contributed by atoms with Crippen molar-refractivity contribution in [2.75, 3.05) is 13.1 Å². The summed E-state index contributed by atoms with van der Waals surface area (Å²) in [7, 11) is 0. The lowest BCUT2D eigenvalue weighted by atomic mass is 10.1. The van der Waals surface area contributed by atoms with Gasteiger partial charge in [-0.3, -0.25) is 9.88 Å². The van der Waals surface area contributed by atoms with Gasteiger partial charge in [0.15, 0.2) is 0 Å². The van der Waals surface area contributed by atoms with Crippen molar-refractivity contribution in [2.24, 2.45) is 0 Å². The highest BCUT2D eigenvalue weighted by Gasteiger charge is 2.22. The summed E-state index contributed by atoms with van der Waals surface area (Å²) in [6.45, 7) is 8.01. The van der Waals surface area contributed by atoms with Crippen LogP contribution >= 0.6 is 11.3 Å². The minimum Gasteiger partial charge on any atom is -0.313 e. The first kappa shape index (κ1) is 13.0. The molecule has 0 aromatic carbocycles. The summed E-state index contributed by atoms with van der Waals surface area (Å²) in [6.07, 6.45) is 5.80. The van der Waals surface area contributed by atoms with Gasteiger partial charge in [-0.1, -0.05) is 13.3 Å². The van der Waals surface area contributed by atoms with Crippen LogP contribution < -0.4 is 5.32 Å². The number of rotatable bonds is 4. The zero-order valence-electron chi connectivity index (χ0n) is 10.9. The highest BCUT2D eigenvalue weighted by molar-refractivity contribution is 7.09. The second-order valence-electron chi connectivity index (χ2n) is 4.97. The summed E-state index contributed by atoms with van der Waals surface area (Å²) in [5.41, 5.74) is 1.93. The zero-order valence-corrected chi connectivity index (χ0v) is 11.7. The molecule has 1 aliphatic rings. The van der Waals surface area contributed by atoms with Crippen LogP contribution in [0.25, 0.3) is 0 Å². The van der Waals surface area contributed by atoms with Gasteiger partial charge >= 0.3 is 0 Å². The maximum absolute atomic E-state index is 4.17. The fourth-order valence-corrected chi connectivity index (χ4v) is 3.11. The number of nitrogens with zero attached hydrogens (tertiary/aromatic N) is 2. The van der Waals surface area contributed by atoms with Gasteiger partial charge in [0.1, 0.15) is 0 Å². The van der Waals surface area contributed by atoms with E-state index in [2.05, 4.69) is 29.0 Å². The third-order valence-corrected chi connectivity index (χ3v) is 4.32. The molecule has 0 saturated carbocycles. The average Bonchev–Trinajstić information content (AvgIpc) is 2.74. The maximum Gasteiger partial charge on any atom is 0.0794 e. The smallest absolute Gasteiger partial charge is 0.0794 e. The largest absolute Gasteiger partial charge is 0.313 e. The number of hydrogen-bond donors (Lipinski definition) is 1. The van der Waals surface area contributed by atoms with Crippen LogP contribution in [0, 0.1) is 0 Å². The van der Waals surface area contributed by atoms with E-state index in [0.29, 0.717) is 12.1 Å². The molecule has 2 heterocycles. The molecule has 2 unspecified atom stereocenters. The van der Waals surface area contributed by atoms with Crippen molar-refractivity contribution in [3.05, 3.63) is 16.6 Å². The van der Waals surface area contributed by atoms with Crippen LogP contribution in [-0.4, -0.2) is 35.1 Å². The Morgan fingerprint density at radius 3 is 3.18 bits per heavy atom. The fourth-order valence-electron chi connectivity index (χ4n) is 2.49. The van der Waals surface area contributed by atoms with E-state index in [1.54, 1.807) is 11.3 Å². The number of aromatic nitrogens is 1. The third kappa shape index (κ3) is 3.76. The molecule has 2 rings (SSSR count). The van der Waals surface area contributed by atoms with Crippen molar-refractivity contribution in [1.29, 1.82) is 0 Å². The highest BCUT2D eigenvalue weighted by Crippen LogP contribution is 2.17. The van der Waals surface area contributed by atoms with E-state index in [0.717, 1.165) is 13.1 Å². The van der Waals surface area contributed by atoms with Crippen molar-refractivity contribution >= 4 is 11.3 Å². The molecule has 1 aromatic rings. The second-order valence-corrected chi connectivity index (χ2v) is 5.95. The molecule has 96 valence electrons. The molecule has 3 nitrogen and oxygen atoms in total. The Labute approximate surface area is 108 Å². The summed E-state index contributed by atoms with van der Waals surface area (Å²) in [5, 5.41) is 3.67. The average molecular weight is 253 g/mol. The molecule has 1 aromatic heterocycles. The van der Waals surface area contributed by atoms with Crippen LogP contribution in [0.15, 0.2) is 11.7 Å².